The van der Waals surface area contributed by atoms with Gasteiger partial charge in [0.15, 0.2) is 11.5 Å². The molecule has 5 rings (SSSR count). The van der Waals surface area contributed by atoms with Crippen molar-refractivity contribution in [2.75, 3.05) is 44.0 Å². The second-order valence-corrected chi connectivity index (χ2v) is 12.4. The molecular weight excluding hydrogens is 614 g/mol. The van der Waals surface area contributed by atoms with Gasteiger partial charge in [0.1, 0.15) is 11.4 Å². The Kier molecular flexibility index (Phi) is 11.2. The third-order valence-electron chi connectivity index (χ3n) is 8.80. The van der Waals surface area contributed by atoms with Gasteiger partial charge in [-0.15, -0.1) is 0 Å². The van der Waals surface area contributed by atoms with Crippen LogP contribution < -0.4 is 20.1 Å². The first-order chi connectivity index (χ1) is 23.2. The maximum Gasteiger partial charge on any atom is 0.272 e. The molecule has 1 atom stereocenters. The Hall–Kier alpha value is -5.07. The van der Waals surface area contributed by atoms with Crippen LogP contribution in [0.5, 0.6) is 11.5 Å². The van der Waals surface area contributed by atoms with Gasteiger partial charge in [0.05, 0.1) is 36.8 Å². The SMILES string of the molecule is COc1cc(C)c(/N=C\C2CCCN2C=O)cc1OCCCC(=O)Nc1cc(C(=O)Nc2cc(C(=O)N3CCCCC3)n(C)c2)n(C)c1. The van der Waals surface area contributed by atoms with Gasteiger partial charge >= 0.3 is 0 Å². The van der Waals surface area contributed by atoms with Crippen molar-refractivity contribution in [1.29, 1.82) is 0 Å². The van der Waals surface area contributed by atoms with Gasteiger partial charge in [-0.3, -0.25) is 24.2 Å². The third kappa shape index (κ3) is 8.25. The van der Waals surface area contributed by atoms with Crippen LogP contribution in [0.15, 0.2) is 41.7 Å². The van der Waals surface area contributed by atoms with E-state index in [2.05, 4.69) is 15.6 Å². The van der Waals surface area contributed by atoms with Gasteiger partial charge in [-0.1, -0.05) is 0 Å². The summed E-state index contributed by atoms with van der Waals surface area (Å²) in [5.74, 6) is 0.495. The van der Waals surface area contributed by atoms with Crippen molar-refractivity contribution in [1.82, 2.24) is 18.9 Å². The molecule has 256 valence electrons. The van der Waals surface area contributed by atoms with E-state index in [1.165, 1.54) is 0 Å². The molecule has 13 nitrogen and oxygen atoms in total. The first-order valence-electron chi connectivity index (χ1n) is 16.5. The lowest BCUT2D eigenvalue weighted by Crippen LogP contribution is -2.36. The summed E-state index contributed by atoms with van der Waals surface area (Å²) >= 11 is 0. The lowest BCUT2D eigenvalue weighted by Gasteiger charge is -2.26. The van der Waals surface area contributed by atoms with E-state index in [1.807, 2.05) is 24.0 Å². The van der Waals surface area contributed by atoms with Gasteiger partial charge < -0.3 is 39.0 Å². The summed E-state index contributed by atoms with van der Waals surface area (Å²) < 4.78 is 14.9. The third-order valence-corrected chi connectivity index (χ3v) is 8.80. The van der Waals surface area contributed by atoms with Crippen LogP contribution in [0.25, 0.3) is 0 Å². The van der Waals surface area contributed by atoms with Crippen molar-refractivity contribution in [3.05, 3.63) is 53.6 Å². The number of methoxy groups -OCH3 is 1. The average molecular weight is 660 g/mol. The van der Waals surface area contributed by atoms with Crippen LogP contribution in [-0.4, -0.2) is 88.7 Å². The van der Waals surface area contributed by atoms with E-state index in [9.17, 15) is 19.2 Å². The van der Waals surface area contributed by atoms with E-state index in [0.717, 1.165) is 69.4 Å². The van der Waals surface area contributed by atoms with Gasteiger partial charge in [0.2, 0.25) is 12.3 Å². The smallest absolute Gasteiger partial charge is 0.272 e. The zero-order valence-corrected chi connectivity index (χ0v) is 28.2. The maximum absolute atomic E-state index is 13.1. The Bertz CT molecular complexity index is 1670. The highest BCUT2D eigenvalue weighted by atomic mass is 16.5. The summed E-state index contributed by atoms with van der Waals surface area (Å²) in [6.45, 7) is 4.45. The molecule has 1 aromatic carbocycles. The second-order valence-electron chi connectivity index (χ2n) is 12.4. The van der Waals surface area contributed by atoms with Gasteiger partial charge in [0, 0.05) is 64.8 Å². The van der Waals surface area contributed by atoms with Crippen molar-refractivity contribution >= 4 is 47.4 Å². The first kappa shape index (κ1) is 34.3. The lowest BCUT2D eigenvalue weighted by atomic mass is 10.1. The minimum Gasteiger partial charge on any atom is -0.493 e. The number of aryl methyl sites for hydroxylation is 3. The standard InChI is InChI=1S/C35H45N7O6/c1-24-16-31(47-4)32(19-28(24)36-20-27-10-8-14-42(27)23-43)48-15-9-11-33(44)37-25-17-29(39(2)21-25)34(45)38-26-18-30(40(3)22-26)35(46)41-12-6-5-7-13-41/h16-23,27H,5-15H2,1-4H3,(H,37,44)(H,38,45)/b36-20-. The number of benzene rings is 1. The molecule has 13 heteroatoms. The molecule has 0 aliphatic carbocycles. The van der Waals surface area contributed by atoms with Gasteiger partial charge in [-0.2, -0.15) is 0 Å². The maximum atomic E-state index is 13.1. The fourth-order valence-electron chi connectivity index (χ4n) is 6.13. The van der Waals surface area contributed by atoms with Crippen molar-refractivity contribution in [3.8, 4) is 11.5 Å². The number of piperidine rings is 1. The van der Waals surface area contributed by atoms with Gasteiger partial charge in [-0.05, 0) is 69.2 Å². The van der Waals surface area contributed by atoms with Crippen LogP contribution in [0.4, 0.5) is 17.1 Å². The number of hydrogen-bond donors (Lipinski definition) is 2. The number of rotatable bonds is 13. The number of nitrogens with one attached hydrogen (secondary N) is 2. The van der Waals surface area contributed by atoms with E-state index in [0.29, 0.717) is 40.7 Å². The molecule has 48 heavy (non-hydrogen) atoms. The molecule has 2 aliphatic rings. The Morgan fingerprint density at radius 3 is 2.35 bits per heavy atom. The fraction of sp³-hybridized carbons (Fsp3) is 0.457. The highest BCUT2D eigenvalue weighted by molar-refractivity contribution is 6.05. The first-order valence-corrected chi connectivity index (χ1v) is 16.5. The Morgan fingerprint density at radius 2 is 1.62 bits per heavy atom. The molecule has 2 aliphatic heterocycles. The fourth-order valence-corrected chi connectivity index (χ4v) is 6.13. The summed E-state index contributed by atoms with van der Waals surface area (Å²) in [5.41, 5.74) is 3.55. The van der Waals surface area contributed by atoms with Crippen LogP contribution >= 0.6 is 0 Å². The van der Waals surface area contributed by atoms with E-state index in [1.54, 1.807) is 66.0 Å². The number of likely N-dealkylation sites (tertiary alicyclic amines) is 2. The van der Waals surface area contributed by atoms with Crippen LogP contribution in [0, 0.1) is 6.92 Å². The van der Waals surface area contributed by atoms with Gasteiger partial charge in [-0.25, -0.2) is 0 Å². The largest absolute Gasteiger partial charge is 0.493 e. The monoisotopic (exact) mass is 659 g/mol. The average Bonchev–Trinajstić information content (AvgIpc) is 3.80. The zero-order chi connectivity index (χ0) is 34.2. The predicted octanol–water partition coefficient (Wildman–Crippen LogP) is 4.68. The molecule has 2 fully saturated rings. The number of aliphatic imine (C=N–C) groups is 1. The van der Waals surface area contributed by atoms with Crippen LogP contribution in [0.1, 0.15) is 71.5 Å². The Balaban J connectivity index is 1.11. The summed E-state index contributed by atoms with van der Waals surface area (Å²) in [5, 5.41) is 5.72. The van der Waals surface area contributed by atoms with Crippen LogP contribution in [0.2, 0.25) is 0 Å². The molecule has 2 N–H and O–H groups in total. The number of aromatic nitrogens is 2. The highest BCUT2D eigenvalue weighted by Crippen LogP contribution is 2.35. The summed E-state index contributed by atoms with van der Waals surface area (Å²) in [7, 11) is 5.09. The van der Waals surface area contributed by atoms with E-state index in [-0.39, 0.29) is 36.8 Å². The van der Waals surface area contributed by atoms with Crippen molar-refractivity contribution in [2.45, 2.75) is 57.9 Å². The molecule has 4 heterocycles. The summed E-state index contributed by atoms with van der Waals surface area (Å²) in [6.07, 6.45) is 11.7. The number of ether oxygens (including phenoxy) is 2. The topological polar surface area (TPSA) is 140 Å². The lowest BCUT2D eigenvalue weighted by molar-refractivity contribution is -0.118. The molecule has 0 saturated carbocycles. The number of carbonyl (C=O) groups excluding carboxylic acids is 4. The Morgan fingerprint density at radius 1 is 0.917 bits per heavy atom. The number of carbonyl (C=O) groups is 4. The van der Waals surface area contributed by atoms with Crippen molar-refractivity contribution < 1.29 is 28.7 Å². The highest BCUT2D eigenvalue weighted by Gasteiger charge is 2.23. The normalized spacial score (nSPS) is 16.3. The van der Waals surface area contributed by atoms with E-state index < -0.39 is 0 Å². The van der Waals surface area contributed by atoms with Crippen LogP contribution in [0.3, 0.4) is 0 Å². The minimum absolute atomic E-state index is 0.0137. The number of anilines is 2. The van der Waals surface area contributed by atoms with E-state index in [4.69, 9.17) is 9.47 Å². The van der Waals surface area contributed by atoms with Gasteiger partial charge in [0.25, 0.3) is 11.8 Å². The predicted molar refractivity (Wildman–Crippen MR) is 184 cm³/mol. The molecule has 2 aromatic heterocycles. The zero-order valence-electron chi connectivity index (χ0n) is 28.2. The number of hydrogen-bond acceptors (Lipinski definition) is 7. The molecule has 0 bridgehead atoms. The molecule has 1 unspecified atom stereocenters. The summed E-state index contributed by atoms with van der Waals surface area (Å²) in [6, 6.07) is 6.97. The molecule has 4 amide bonds. The van der Waals surface area contributed by atoms with Crippen molar-refractivity contribution in [2.24, 2.45) is 19.1 Å². The molecule has 0 spiro atoms. The van der Waals surface area contributed by atoms with Crippen LogP contribution in [-0.2, 0) is 23.7 Å². The molecule has 3 aromatic rings. The molecule has 2 saturated heterocycles. The minimum atomic E-state index is -0.353. The number of amides is 4. The number of nitrogens with zero attached hydrogens (tertiary/aromatic N) is 5. The second kappa shape index (κ2) is 15.7. The van der Waals surface area contributed by atoms with E-state index >= 15 is 0 Å². The molecule has 0 radical (unpaired) electrons. The summed E-state index contributed by atoms with van der Waals surface area (Å²) in [4.78, 5) is 58.3. The quantitative estimate of drug-likeness (QED) is 0.155. The van der Waals surface area contributed by atoms with Crippen molar-refractivity contribution in [3.63, 3.8) is 0 Å². The molecular formula is C35H45N7O6. The Labute approximate surface area is 280 Å².